The third-order valence-corrected chi connectivity index (χ3v) is 10.8. The summed E-state index contributed by atoms with van der Waals surface area (Å²) < 4.78 is 30.1. The Balaban J connectivity index is 2.73. The second kappa shape index (κ2) is 26.4. The number of carbonyl (C=O) groups excluding carboxylic acids is 1. The number of esters is 1. The van der Waals surface area contributed by atoms with Gasteiger partial charge in [-0.15, -0.1) is 0 Å². The zero-order valence-corrected chi connectivity index (χ0v) is 29.5. The van der Waals surface area contributed by atoms with Crippen LogP contribution in [0.15, 0.2) is 30.3 Å². The van der Waals surface area contributed by atoms with E-state index in [0.29, 0.717) is 6.42 Å². The van der Waals surface area contributed by atoms with E-state index in [1.165, 1.54) is 89.9 Å². The molecule has 0 saturated heterocycles. The number of hydrogen-bond donors (Lipinski definition) is 1. The summed E-state index contributed by atoms with van der Waals surface area (Å²) in [6, 6.07) is 9.30. The minimum absolute atomic E-state index is 0.0103. The molecule has 0 spiro atoms. The number of hydrogen-bond acceptors (Lipinski definition) is 6. The standard InChI is InChI=1S/C35H63O6PS/c1-5-8-10-12-14-15-16-17-19-24-29-43-33(27-23-18-13-11-9-6-2)31(4)41-35(42(37,38)40-28-7-3)34(36)39-30-32-25-21-20-22-26-32/h20-22,25-26,31,33,35H,5-19,23-24,27-30H2,1-4H3,(H,37,38). The van der Waals surface area contributed by atoms with Gasteiger partial charge in [0.25, 0.3) is 5.85 Å². The maximum Gasteiger partial charge on any atom is 0.368 e. The summed E-state index contributed by atoms with van der Waals surface area (Å²) in [5.74, 6) is -1.49. The molecular weight excluding hydrogens is 579 g/mol. The molecule has 0 radical (unpaired) electrons. The fraction of sp³-hybridized carbons (Fsp3) is 0.800. The lowest BCUT2D eigenvalue weighted by atomic mass is 10.1. The van der Waals surface area contributed by atoms with Crippen molar-refractivity contribution in [2.75, 3.05) is 12.4 Å². The van der Waals surface area contributed by atoms with Gasteiger partial charge in [-0.25, -0.2) is 4.79 Å². The molecule has 1 aromatic rings. The van der Waals surface area contributed by atoms with E-state index in [2.05, 4.69) is 13.8 Å². The normalized spacial score (nSPS) is 15.1. The maximum atomic E-state index is 13.2. The van der Waals surface area contributed by atoms with E-state index in [1.54, 1.807) is 0 Å². The van der Waals surface area contributed by atoms with Crippen molar-refractivity contribution in [1.82, 2.24) is 0 Å². The number of ether oxygens (including phenoxy) is 2. The smallest absolute Gasteiger partial charge is 0.368 e. The molecule has 250 valence electrons. The lowest BCUT2D eigenvalue weighted by molar-refractivity contribution is -0.156. The predicted octanol–water partition coefficient (Wildman–Crippen LogP) is 10.8. The third kappa shape index (κ3) is 20.0. The molecule has 1 aromatic carbocycles. The van der Waals surface area contributed by atoms with E-state index >= 15 is 0 Å². The molecule has 8 heteroatoms. The summed E-state index contributed by atoms with van der Waals surface area (Å²) in [6.45, 7) is 8.34. The first-order valence-electron chi connectivity index (χ1n) is 17.3. The molecule has 0 aliphatic heterocycles. The molecule has 4 unspecified atom stereocenters. The summed E-state index contributed by atoms with van der Waals surface area (Å²) in [5.41, 5.74) is 0.804. The molecule has 0 amide bonds. The van der Waals surface area contributed by atoms with Gasteiger partial charge in [-0.2, -0.15) is 11.8 Å². The van der Waals surface area contributed by atoms with E-state index in [9.17, 15) is 14.3 Å². The highest BCUT2D eigenvalue weighted by Gasteiger charge is 2.43. The van der Waals surface area contributed by atoms with Crippen molar-refractivity contribution in [3.63, 3.8) is 0 Å². The average Bonchev–Trinajstić information content (AvgIpc) is 3.01. The van der Waals surface area contributed by atoms with E-state index in [0.717, 1.165) is 30.6 Å². The first-order chi connectivity index (χ1) is 20.9. The number of benzene rings is 1. The second-order valence-corrected chi connectivity index (χ2v) is 15.0. The van der Waals surface area contributed by atoms with Crippen molar-refractivity contribution < 1.29 is 28.3 Å². The Morgan fingerprint density at radius 2 is 1.33 bits per heavy atom. The highest BCUT2D eigenvalue weighted by Crippen LogP contribution is 2.49. The van der Waals surface area contributed by atoms with Crippen LogP contribution in [0.5, 0.6) is 0 Å². The zero-order chi connectivity index (χ0) is 31.6. The van der Waals surface area contributed by atoms with Gasteiger partial charge in [-0.05, 0) is 37.5 Å². The molecule has 0 fully saturated rings. The van der Waals surface area contributed by atoms with Crippen molar-refractivity contribution in [2.24, 2.45) is 0 Å². The van der Waals surface area contributed by atoms with Crippen molar-refractivity contribution in [2.45, 2.75) is 167 Å². The van der Waals surface area contributed by atoms with Gasteiger partial charge in [0.15, 0.2) is 0 Å². The maximum absolute atomic E-state index is 13.2. The summed E-state index contributed by atoms with van der Waals surface area (Å²) in [4.78, 5) is 23.9. The molecule has 0 aliphatic rings. The topological polar surface area (TPSA) is 82.1 Å². The number of carbonyl (C=O) groups is 1. The van der Waals surface area contributed by atoms with Crippen molar-refractivity contribution in [3.8, 4) is 0 Å². The molecule has 4 atom stereocenters. The molecule has 43 heavy (non-hydrogen) atoms. The molecule has 6 nitrogen and oxygen atoms in total. The van der Waals surface area contributed by atoms with Gasteiger partial charge in [0.1, 0.15) is 6.61 Å². The van der Waals surface area contributed by atoms with Crippen molar-refractivity contribution in [1.29, 1.82) is 0 Å². The molecule has 0 saturated carbocycles. The van der Waals surface area contributed by atoms with E-state index in [1.807, 2.05) is 55.9 Å². The van der Waals surface area contributed by atoms with Crippen LogP contribution in [0.2, 0.25) is 0 Å². The Bertz CT molecular complexity index is 839. The van der Waals surface area contributed by atoms with Gasteiger partial charge in [-0.3, -0.25) is 4.57 Å². The molecule has 0 heterocycles. The summed E-state index contributed by atoms with van der Waals surface area (Å²) in [5, 5.41) is 0.125. The van der Waals surface area contributed by atoms with Crippen molar-refractivity contribution >= 4 is 25.3 Å². The fourth-order valence-corrected chi connectivity index (χ4v) is 7.66. The summed E-state index contributed by atoms with van der Waals surface area (Å²) >= 11 is 1.88. The van der Waals surface area contributed by atoms with Gasteiger partial charge < -0.3 is 18.9 Å². The fourth-order valence-electron chi connectivity index (χ4n) is 5.05. The van der Waals surface area contributed by atoms with Crippen molar-refractivity contribution in [3.05, 3.63) is 35.9 Å². The van der Waals surface area contributed by atoms with Crippen LogP contribution < -0.4 is 0 Å². The average molecular weight is 643 g/mol. The number of thioether (sulfide) groups is 1. The van der Waals surface area contributed by atoms with E-state index in [4.69, 9.17) is 14.0 Å². The number of unbranched alkanes of at least 4 members (excludes halogenated alkanes) is 14. The van der Waals surface area contributed by atoms with Crippen LogP contribution in [0, 0.1) is 0 Å². The van der Waals surface area contributed by atoms with Gasteiger partial charge in [0, 0.05) is 5.25 Å². The van der Waals surface area contributed by atoms with Crippen LogP contribution in [-0.2, 0) is 30.0 Å². The highest BCUT2D eigenvalue weighted by molar-refractivity contribution is 7.99. The Morgan fingerprint density at radius 3 is 1.88 bits per heavy atom. The highest BCUT2D eigenvalue weighted by atomic mass is 32.2. The van der Waals surface area contributed by atoms with Gasteiger partial charge >= 0.3 is 13.6 Å². The molecule has 1 rings (SSSR count). The zero-order valence-electron chi connectivity index (χ0n) is 27.8. The Hall–Kier alpha value is -0.850. The van der Waals surface area contributed by atoms with Crippen LogP contribution in [-0.4, -0.2) is 40.4 Å². The first kappa shape index (κ1) is 40.2. The quantitative estimate of drug-likeness (QED) is 0.0529. The van der Waals surface area contributed by atoms with Gasteiger partial charge in [0.05, 0.1) is 12.7 Å². The second-order valence-electron chi connectivity index (χ2n) is 11.8. The minimum Gasteiger partial charge on any atom is -0.458 e. The Morgan fingerprint density at radius 1 is 0.791 bits per heavy atom. The van der Waals surface area contributed by atoms with Gasteiger partial charge in [0.2, 0.25) is 0 Å². The SMILES string of the molecule is CCCCCCCCCCCCSC(CCCCCCCC)C(C)OC(C(=O)OCc1ccccc1)P(=O)(O)OCCC. The third-order valence-electron chi connectivity index (χ3n) is 7.74. The van der Waals surface area contributed by atoms with Crippen LogP contribution in [0.3, 0.4) is 0 Å². The first-order valence-corrected chi connectivity index (χ1v) is 20.0. The lowest BCUT2D eigenvalue weighted by Gasteiger charge is -2.29. The molecular formula is C35H63O6PS. The summed E-state index contributed by atoms with van der Waals surface area (Å²) in [7, 11) is -4.40. The predicted molar refractivity (Wildman–Crippen MR) is 183 cm³/mol. The Labute approximate surface area is 268 Å². The van der Waals surface area contributed by atoms with E-state index < -0.39 is 25.5 Å². The molecule has 1 N–H and O–H groups in total. The molecule has 0 bridgehead atoms. The largest absolute Gasteiger partial charge is 0.458 e. The Kier molecular flexibility index (Phi) is 24.6. The lowest BCUT2D eigenvalue weighted by Crippen LogP contribution is -2.35. The molecule has 0 aliphatic carbocycles. The van der Waals surface area contributed by atoms with Crippen LogP contribution >= 0.6 is 19.4 Å². The molecule has 0 aromatic heterocycles. The minimum atomic E-state index is -4.40. The number of rotatable bonds is 29. The van der Waals surface area contributed by atoms with E-state index in [-0.39, 0.29) is 18.5 Å². The van der Waals surface area contributed by atoms with Crippen LogP contribution in [0.25, 0.3) is 0 Å². The van der Waals surface area contributed by atoms with Crippen LogP contribution in [0.1, 0.15) is 149 Å². The van der Waals surface area contributed by atoms with Crippen LogP contribution in [0.4, 0.5) is 0 Å². The van der Waals surface area contributed by atoms with Gasteiger partial charge in [-0.1, -0.05) is 147 Å². The summed E-state index contributed by atoms with van der Waals surface area (Å²) in [6.07, 6.45) is 21.4. The monoisotopic (exact) mass is 642 g/mol.